The number of hydrogen-bond acceptors (Lipinski definition) is 5. The quantitative estimate of drug-likeness (QED) is 0.353. The third-order valence-electron chi connectivity index (χ3n) is 8.04. The molecule has 0 spiro atoms. The summed E-state index contributed by atoms with van der Waals surface area (Å²) < 4.78 is 29.5. The molecule has 3 aromatic carbocycles. The molecule has 0 bridgehead atoms. The van der Waals surface area contributed by atoms with Crippen molar-refractivity contribution in [3.05, 3.63) is 89.4 Å². The standard InChI is InChI=1S/C30H31ClN2O6S/c31-25-12-8-21(9-13-25)22-10-14-26(15-11-22)40(38,39)33(18-17-32-16-4-7-24(20-32)28(34)35)30(29(36)37)19-27(30)23-5-2-1-3-6-23/h1-3,5-6,8-15,24,27H,4,7,16-20H2,(H,34,35)(H,36,37)/t24?,27-,30+/m0/s1. The fourth-order valence-corrected chi connectivity index (χ4v) is 7.66. The van der Waals surface area contributed by atoms with E-state index in [1.54, 1.807) is 24.3 Å². The SMILES string of the molecule is O=C(O)C1CCCN(CCN([C@]2(C(=O)O)C[C@H]2c2ccccc2)S(=O)(=O)c2ccc(-c3ccc(Cl)cc3)cc2)C1. The van der Waals surface area contributed by atoms with E-state index in [9.17, 15) is 28.2 Å². The highest BCUT2D eigenvalue weighted by molar-refractivity contribution is 7.89. The largest absolute Gasteiger partial charge is 0.481 e. The van der Waals surface area contributed by atoms with Crippen LogP contribution in [0.4, 0.5) is 0 Å². The summed E-state index contributed by atoms with van der Waals surface area (Å²) in [5.74, 6) is -3.08. The molecule has 1 saturated carbocycles. The molecule has 3 aromatic rings. The highest BCUT2D eigenvalue weighted by Gasteiger charge is 2.67. The second-order valence-electron chi connectivity index (χ2n) is 10.5. The number of aliphatic carboxylic acids is 2. The van der Waals surface area contributed by atoms with Crippen molar-refractivity contribution in [1.82, 2.24) is 9.21 Å². The zero-order valence-electron chi connectivity index (χ0n) is 21.8. The fourth-order valence-electron chi connectivity index (χ4n) is 5.77. The number of carboxylic acid groups (broad SMARTS) is 2. The van der Waals surface area contributed by atoms with Crippen LogP contribution in [0, 0.1) is 5.92 Å². The maximum atomic E-state index is 14.2. The van der Waals surface area contributed by atoms with Crippen LogP contribution in [-0.2, 0) is 19.6 Å². The first-order valence-electron chi connectivity index (χ1n) is 13.3. The minimum Gasteiger partial charge on any atom is -0.481 e. The van der Waals surface area contributed by atoms with Crippen molar-refractivity contribution < 1.29 is 28.2 Å². The molecule has 8 nitrogen and oxygen atoms in total. The maximum Gasteiger partial charge on any atom is 0.325 e. The molecule has 0 radical (unpaired) electrons. The molecule has 2 aliphatic rings. The van der Waals surface area contributed by atoms with Crippen LogP contribution in [0.5, 0.6) is 0 Å². The van der Waals surface area contributed by atoms with Crippen molar-refractivity contribution in [1.29, 1.82) is 0 Å². The molecule has 2 N–H and O–H groups in total. The summed E-state index contributed by atoms with van der Waals surface area (Å²) in [5, 5.41) is 20.6. The van der Waals surface area contributed by atoms with Crippen LogP contribution in [0.25, 0.3) is 11.1 Å². The topological polar surface area (TPSA) is 115 Å². The highest BCUT2D eigenvalue weighted by Crippen LogP contribution is 2.57. The van der Waals surface area contributed by atoms with Crippen LogP contribution in [0.1, 0.15) is 30.7 Å². The van der Waals surface area contributed by atoms with Gasteiger partial charge in [0.15, 0.2) is 0 Å². The Hall–Kier alpha value is -3.24. The van der Waals surface area contributed by atoms with Gasteiger partial charge in [0.2, 0.25) is 10.0 Å². The minimum absolute atomic E-state index is 0.00612. The zero-order valence-corrected chi connectivity index (χ0v) is 23.4. The van der Waals surface area contributed by atoms with Crippen molar-refractivity contribution in [2.45, 2.75) is 35.6 Å². The first-order chi connectivity index (χ1) is 19.1. The number of carbonyl (C=O) groups is 2. The number of halogens is 1. The van der Waals surface area contributed by atoms with Crippen LogP contribution in [0.3, 0.4) is 0 Å². The van der Waals surface area contributed by atoms with Gasteiger partial charge in [-0.2, -0.15) is 4.31 Å². The van der Waals surface area contributed by atoms with E-state index in [0.29, 0.717) is 31.0 Å². The molecule has 40 heavy (non-hydrogen) atoms. The van der Waals surface area contributed by atoms with Crippen molar-refractivity contribution in [2.75, 3.05) is 26.2 Å². The molecule has 1 heterocycles. The Balaban J connectivity index is 1.47. The predicted octanol–water partition coefficient (Wildman–Crippen LogP) is 4.81. The van der Waals surface area contributed by atoms with Gasteiger partial charge in [-0.3, -0.25) is 9.59 Å². The molecule has 1 saturated heterocycles. The lowest BCUT2D eigenvalue weighted by Gasteiger charge is -2.34. The van der Waals surface area contributed by atoms with Gasteiger partial charge in [-0.1, -0.05) is 66.2 Å². The average Bonchev–Trinajstić information content (AvgIpc) is 3.71. The third kappa shape index (κ3) is 5.51. The van der Waals surface area contributed by atoms with Crippen molar-refractivity contribution in [3.63, 3.8) is 0 Å². The van der Waals surface area contributed by atoms with E-state index >= 15 is 0 Å². The number of piperidine rings is 1. The third-order valence-corrected chi connectivity index (χ3v) is 10.3. The molecule has 1 aliphatic heterocycles. The van der Waals surface area contributed by atoms with Gasteiger partial charge in [-0.05, 0) is 66.8 Å². The molecular formula is C30H31ClN2O6S. The van der Waals surface area contributed by atoms with Crippen molar-refractivity contribution in [3.8, 4) is 11.1 Å². The molecule has 3 atom stereocenters. The van der Waals surface area contributed by atoms with Gasteiger partial charge in [-0.15, -0.1) is 0 Å². The average molecular weight is 583 g/mol. The molecule has 2 fully saturated rings. The number of nitrogens with zero attached hydrogens (tertiary/aromatic N) is 2. The first kappa shape index (κ1) is 28.3. The Morgan fingerprint density at radius 3 is 2.17 bits per heavy atom. The maximum absolute atomic E-state index is 14.2. The van der Waals surface area contributed by atoms with Gasteiger partial charge in [0.1, 0.15) is 5.54 Å². The number of rotatable bonds is 10. The summed E-state index contributed by atoms with van der Waals surface area (Å²) in [6.07, 6.45) is 1.42. The van der Waals surface area contributed by atoms with Crippen LogP contribution in [0.15, 0.2) is 83.8 Å². The normalized spacial score (nSPS) is 23.1. The number of carboxylic acids is 2. The Labute approximate surface area is 238 Å². The summed E-state index contributed by atoms with van der Waals surface area (Å²) >= 11 is 5.99. The molecule has 0 amide bonds. The number of benzene rings is 3. The second-order valence-corrected chi connectivity index (χ2v) is 12.8. The molecule has 1 unspecified atom stereocenters. The lowest BCUT2D eigenvalue weighted by Crippen LogP contribution is -2.52. The first-order valence-corrected chi connectivity index (χ1v) is 15.1. The zero-order chi connectivity index (χ0) is 28.5. The Kier molecular flexibility index (Phi) is 8.01. The predicted molar refractivity (Wildman–Crippen MR) is 152 cm³/mol. The Morgan fingerprint density at radius 2 is 1.57 bits per heavy atom. The van der Waals surface area contributed by atoms with Crippen LogP contribution >= 0.6 is 11.6 Å². The van der Waals surface area contributed by atoms with Gasteiger partial charge in [0, 0.05) is 30.6 Å². The second kappa shape index (κ2) is 11.3. The van der Waals surface area contributed by atoms with Gasteiger partial charge < -0.3 is 15.1 Å². The lowest BCUT2D eigenvalue weighted by molar-refractivity contribution is -0.143. The van der Waals surface area contributed by atoms with Crippen LogP contribution in [-0.4, -0.2) is 71.5 Å². The lowest BCUT2D eigenvalue weighted by atomic mass is 9.98. The van der Waals surface area contributed by atoms with Crippen LogP contribution in [0.2, 0.25) is 5.02 Å². The van der Waals surface area contributed by atoms with Crippen LogP contribution < -0.4 is 0 Å². The van der Waals surface area contributed by atoms with E-state index in [-0.39, 0.29) is 24.4 Å². The van der Waals surface area contributed by atoms with E-state index < -0.39 is 39.3 Å². The Morgan fingerprint density at radius 1 is 0.950 bits per heavy atom. The molecule has 0 aromatic heterocycles. The van der Waals surface area contributed by atoms with Gasteiger partial charge in [-0.25, -0.2) is 8.42 Å². The van der Waals surface area contributed by atoms with E-state index in [1.165, 1.54) is 12.1 Å². The van der Waals surface area contributed by atoms with Gasteiger partial charge in [0.25, 0.3) is 0 Å². The Bertz CT molecular complexity index is 1480. The smallest absolute Gasteiger partial charge is 0.325 e. The van der Waals surface area contributed by atoms with Crippen molar-refractivity contribution >= 4 is 33.6 Å². The van der Waals surface area contributed by atoms with E-state index in [2.05, 4.69) is 0 Å². The summed E-state index contributed by atoms with van der Waals surface area (Å²) in [4.78, 5) is 26.3. The highest BCUT2D eigenvalue weighted by atomic mass is 35.5. The van der Waals surface area contributed by atoms with E-state index in [0.717, 1.165) is 21.0 Å². The van der Waals surface area contributed by atoms with Gasteiger partial charge in [0.05, 0.1) is 10.8 Å². The van der Waals surface area contributed by atoms with Gasteiger partial charge >= 0.3 is 11.9 Å². The van der Waals surface area contributed by atoms with E-state index in [1.807, 2.05) is 47.4 Å². The number of likely N-dealkylation sites (tertiary alicyclic amines) is 1. The molecule has 5 rings (SSSR count). The molecular weight excluding hydrogens is 552 g/mol. The summed E-state index contributed by atoms with van der Waals surface area (Å²) in [6, 6.07) is 22.7. The number of hydrogen-bond donors (Lipinski definition) is 2. The molecule has 210 valence electrons. The molecule has 10 heteroatoms. The number of sulfonamides is 1. The monoisotopic (exact) mass is 582 g/mol. The summed E-state index contributed by atoms with van der Waals surface area (Å²) in [6.45, 7) is 1.11. The minimum atomic E-state index is -4.23. The summed E-state index contributed by atoms with van der Waals surface area (Å²) in [5.41, 5.74) is 0.817. The van der Waals surface area contributed by atoms with Crippen molar-refractivity contribution in [2.24, 2.45) is 5.92 Å². The summed E-state index contributed by atoms with van der Waals surface area (Å²) in [7, 11) is -4.23. The van der Waals surface area contributed by atoms with E-state index in [4.69, 9.17) is 11.6 Å². The fraction of sp³-hybridized carbons (Fsp3) is 0.333. The molecule has 1 aliphatic carbocycles.